The van der Waals surface area contributed by atoms with Crippen LogP contribution in [-0.2, 0) is 4.79 Å². The van der Waals surface area contributed by atoms with Gasteiger partial charge in [0.1, 0.15) is 0 Å². The van der Waals surface area contributed by atoms with Gasteiger partial charge in [-0.25, -0.2) is 4.79 Å². The number of hydrogen-bond acceptors (Lipinski definition) is 2. The van der Waals surface area contributed by atoms with Crippen molar-refractivity contribution in [1.82, 2.24) is 4.68 Å². The summed E-state index contributed by atoms with van der Waals surface area (Å²) in [4.78, 5) is 10.8. The highest BCUT2D eigenvalue weighted by Gasteiger charge is 2.09. The van der Waals surface area contributed by atoms with Crippen LogP contribution in [0.4, 0.5) is 5.69 Å². The summed E-state index contributed by atoms with van der Waals surface area (Å²) in [6.07, 6.45) is 4.70. The Bertz CT molecular complexity index is 928. The van der Waals surface area contributed by atoms with Gasteiger partial charge in [-0.15, -0.1) is 0 Å². The molecule has 122 valence electrons. The van der Waals surface area contributed by atoms with Crippen molar-refractivity contribution >= 4 is 28.6 Å². The Balaban J connectivity index is 2.09. The molecule has 4 nitrogen and oxygen atoms in total. The largest absolute Gasteiger partial charge is 0.478 e. The van der Waals surface area contributed by atoms with E-state index < -0.39 is 5.97 Å². The zero-order valence-electron chi connectivity index (χ0n) is 14.0. The average Bonchev–Trinajstić information content (AvgIpc) is 2.87. The Morgan fingerprint density at radius 2 is 1.79 bits per heavy atom. The maximum atomic E-state index is 10.8. The van der Waals surface area contributed by atoms with Gasteiger partial charge in [0.15, 0.2) is 0 Å². The Hall–Kier alpha value is -3.01. The maximum absolute atomic E-state index is 10.8. The van der Waals surface area contributed by atoms with E-state index in [-0.39, 0.29) is 0 Å². The van der Waals surface area contributed by atoms with Gasteiger partial charge in [0, 0.05) is 23.2 Å². The molecular weight excluding hydrogens is 300 g/mol. The van der Waals surface area contributed by atoms with Gasteiger partial charge in [-0.05, 0) is 44.0 Å². The van der Waals surface area contributed by atoms with Gasteiger partial charge in [0.25, 0.3) is 0 Å². The van der Waals surface area contributed by atoms with Gasteiger partial charge < -0.3 is 5.11 Å². The Morgan fingerprint density at radius 1 is 1.12 bits per heavy atom. The molecule has 1 heterocycles. The summed E-state index contributed by atoms with van der Waals surface area (Å²) in [5, 5.41) is 9.88. The number of carboxylic acid groups (broad SMARTS) is 1. The van der Waals surface area contributed by atoms with E-state index in [1.54, 1.807) is 6.08 Å². The number of aryl methyl sites for hydroxylation is 3. The number of nitrogens with zero attached hydrogens (tertiary/aromatic N) is 1. The topological polar surface area (TPSA) is 54.3 Å². The minimum atomic E-state index is -0.954. The highest BCUT2D eigenvalue weighted by molar-refractivity contribution is 5.94. The van der Waals surface area contributed by atoms with Crippen molar-refractivity contribution in [2.45, 2.75) is 20.8 Å². The predicted octanol–water partition coefficient (Wildman–Crippen LogP) is 4.54. The summed E-state index contributed by atoms with van der Waals surface area (Å²) in [6, 6.07) is 12.2. The molecule has 0 unspecified atom stereocenters. The van der Waals surface area contributed by atoms with Crippen LogP contribution >= 0.6 is 0 Å². The molecule has 0 saturated heterocycles. The molecule has 0 fully saturated rings. The first-order chi connectivity index (χ1) is 11.5. The van der Waals surface area contributed by atoms with Gasteiger partial charge in [0.05, 0.1) is 11.2 Å². The molecule has 0 aliphatic carbocycles. The Kier molecular flexibility index (Phi) is 4.13. The van der Waals surface area contributed by atoms with Crippen molar-refractivity contribution in [3.05, 3.63) is 70.9 Å². The summed E-state index contributed by atoms with van der Waals surface area (Å²) in [5.74, 6) is -0.954. The minimum Gasteiger partial charge on any atom is -0.478 e. The van der Waals surface area contributed by atoms with Crippen LogP contribution in [0.2, 0.25) is 0 Å². The number of benzene rings is 2. The summed E-state index contributed by atoms with van der Waals surface area (Å²) < 4.78 is 1.95. The second-order valence-electron chi connectivity index (χ2n) is 6.03. The van der Waals surface area contributed by atoms with E-state index in [1.165, 1.54) is 16.7 Å². The van der Waals surface area contributed by atoms with Gasteiger partial charge in [-0.3, -0.25) is 10.1 Å². The fourth-order valence-electron chi connectivity index (χ4n) is 3.07. The number of carboxylic acids is 1. The third-order valence-corrected chi connectivity index (χ3v) is 4.06. The molecule has 0 amide bonds. The quantitative estimate of drug-likeness (QED) is 0.694. The predicted molar refractivity (Wildman–Crippen MR) is 98.3 cm³/mol. The molecule has 0 bridgehead atoms. The number of fused-ring (bicyclic) bond motifs is 1. The molecule has 3 aromatic rings. The van der Waals surface area contributed by atoms with E-state index in [0.29, 0.717) is 0 Å². The van der Waals surface area contributed by atoms with Crippen LogP contribution in [0.3, 0.4) is 0 Å². The van der Waals surface area contributed by atoms with Crippen LogP contribution in [0.25, 0.3) is 17.0 Å². The van der Waals surface area contributed by atoms with E-state index in [2.05, 4.69) is 38.3 Å². The molecule has 24 heavy (non-hydrogen) atoms. The number of nitrogens with one attached hydrogen (secondary N) is 1. The van der Waals surface area contributed by atoms with Crippen LogP contribution < -0.4 is 5.43 Å². The zero-order chi connectivity index (χ0) is 17.3. The molecule has 0 spiro atoms. The molecule has 0 aliphatic heterocycles. The van der Waals surface area contributed by atoms with Crippen LogP contribution in [0, 0.1) is 20.8 Å². The second kappa shape index (κ2) is 6.24. The fraction of sp³-hybridized carbons (Fsp3) is 0.150. The molecule has 0 atom stereocenters. The highest BCUT2D eigenvalue weighted by Crippen LogP contribution is 2.26. The molecule has 2 N–H and O–H groups in total. The van der Waals surface area contributed by atoms with E-state index in [4.69, 9.17) is 5.11 Å². The third-order valence-electron chi connectivity index (χ3n) is 4.06. The van der Waals surface area contributed by atoms with Crippen molar-refractivity contribution in [3.8, 4) is 0 Å². The summed E-state index contributed by atoms with van der Waals surface area (Å²) >= 11 is 0. The van der Waals surface area contributed by atoms with Gasteiger partial charge >= 0.3 is 5.97 Å². The first-order valence-electron chi connectivity index (χ1n) is 7.81. The second-order valence-corrected chi connectivity index (χ2v) is 6.03. The lowest BCUT2D eigenvalue weighted by Gasteiger charge is -2.15. The first-order valence-corrected chi connectivity index (χ1v) is 7.81. The number of carbonyl (C=O) groups is 1. The summed E-state index contributed by atoms with van der Waals surface area (Å²) in [7, 11) is 0. The van der Waals surface area contributed by atoms with Gasteiger partial charge in [-0.2, -0.15) is 0 Å². The molecule has 0 aliphatic rings. The SMILES string of the molecule is Cc1cc(C)c(Nn2cc(C=CC(=O)O)c3ccccc32)c(C)c1. The third kappa shape index (κ3) is 3.04. The molecule has 4 heteroatoms. The van der Waals surface area contributed by atoms with Crippen molar-refractivity contribution in [2.24, 2.45) is 0 Å². The van der Waals surface area contributed by atoms with Gasteiger partial charge in [0.2, 0.25) is 0 Å². The number of para-hydroxylation sites is 1. The van der Waals surface area contributed by atoms with Crippen molar-refractivity contribution in [1.29, 1.82) is 0 Å². The number of hydrogen-bond donors (Lipinski definition) is 2. The van der Waals surface area contributed by atoms with Crippen molar-refractivity contribution in [2.75, 3.05) is 5.43 Å². The van der Waals surface area contributed by atoms with E-state index in [0.717, 1.165) is 28.2 Å². The van der Waals surface area contributed by atoms with Crippen LogP contribution in [0.5, 0.6) is 0 Å². The normalized spacial score (nSPS) is 11.3. The lowest BCUT2D eigenvalue weighted by atomic mass is 10.1. The van der Waals surface area contributed by atoms with E-state index in [1.807, 2.05) is 35.1 Å². The summed E-state index contributed by atoms with van der Waals surface area (Å²) in [5.41, 5.74) is 9.97. The van der Waals surface area contributed by atoms with Crippen LogP contribution in [0.15, 0.2) is 48.7 Å². The highest BCUT2D eigenvalue weighted by atomic mass is 16.4. The molecular formula is C20H20N2O2. The first kappa shape index (κ1) is 15.9. The molecule has 0 saturated carbocycles. The monoisotopic (exact) mass is 320 g/mol. The molecule has 3 rings (SSSR count). The smallest absolute Gasteiger partial charge is 0.328 e. The van der Waals surface area contributed by atoms with E-state index >= 15 is 0 Å². The lowest BCUT2D eigenvalue weighted by Crippen LogP contribution is -2.10. The molecule has 0 radical (unpaired) electrons. The number of aliphatic carboxylic acids is 1. The number of aromatic nitrogens is 1. The Labute approximate surface area is 141 Å². The van der Waals surface area contributed by atoms with Crippen molar-refractivity contribution < 1.29 is 9.90 Å². The Morgan fingerprint density at radius 3 is 2.46 bits per heavy atom. The number of anilines is 1. The average molecular weight is 320 g/mol. The van der Waals surface area contributed by atoms with Crippen LogP contribution in [0.1, 0.15) is 22.3 Å². The van der Waals surface area contributed by atoms with Crippen molar-refractivity contribution in [3.63, 3.8) is 0 Å². The minimum absolute atomic E-state index is 0.864. The lowest BCUT2D eigenvalue weighted by molar-refractivity contribution is -0.131. The maximum Gasteiger partial charge on any atom is 0.328 e. The van der Waals surface area contributed by atoms with E-state index in [9.17, 15) is 4.79 Å². The van der Waals surface area contributed by atoms with Gasteiger partial charge in [-0.1, -0.05) is 35.9 Å². The van der Waals surface area contributed by atoms with Crippen LogP contribution in [-0.4, -0.2) is 15.8 Å². The summed E-state index contributed by atoms with van der Waals surface area (Å²) in [6.45, 7) is 6.25. The zero-order valence-corrected chi connectivity index (χ0v) is 14.0. The molecule has 2 aromatic carbocycles. The molecule has 1 aromatic heterocycles. The standard InChI is InChI=1S/C20H20N2O2/c1-13-10-14(2)20(15(3)11-13)21-22-12-16(8-9-19(23)24)17-6-4-5-7-18(17)22/h4-12,21H,1-3H3,(H,23,24). The fourth-order valence-corrected chi connectivity index (χ4v) is 3.07. The number of rotatable bonds is 4.